The third-order valence-electron chi connectivity index (χ3n) is 3.44. The van der Waals surface area contributed by atoms with Gasteiger partial charge < -0.3 is 14.8 Å². The van der Waals surface area contributed by atoms with Crippen LogP contribution < -0.4 is 4.72 Å². The van der Waals surface area contributed by atoms with E-state index in [1.165, 1.54) is 17.8 Å². The van der Waals surface area contributed by atoms with E-state index in [-0.39, 0.29) is 29.2 Å². The van der Waals surface area contributed by atoms with E-state index in [1.54, 1.807) is 0 Å². The average molecular weight is 288 g/mol. The first-order chi connectivity index (χ1) is 8.80. The van der Waals surface area contributed by atoms with Gasteiger partial charge in [-0.25, -0.2) is 17.9 Å². The Morgan fingerprint density at radius 3 is 2.58 bits per heavy atom. The lowest BCUT2D eigenvalue weighted by molar-refractivity contribution is 0.0686. The number of aliphatic hydroxyl groups excluding tert-OH is 1. The van der Waals surface area contributed by atoms with Crippen LogP contribution in [-0.4, -0.2) is 42.3 Å². The van der Waals surface area contributed by atoms with Crippen LogP contribution in [0.15, 0.2) is 17.2 Å². The van der Waals surface area contributed by atoms with Crippen molar-refractivity contribution >= 4 is 16.0 Å². The molecule has 0 unspecified atom stereocenters. The third-order valence-corrected chi connectivity index (χ3v) is 4.81. The minimum atomic E-state index is -3.74. The fourth-order valence-electron chi connectivity index (χ4n) is 1.79. The summed E-state index contributed by atoms with van der Waals surface area (Å²) in [7, 11) is -2.27. The third kappa shape index (κ3) is 2.80. The second-order valence-electron chi connectivity index (χ2n) is 4.96. The van der Waals surface area contributed by atoms with Crippen LogP contribution in [-0.2, 0) is 17.1 Å². The Bertz CT molecular complexity index is 601. The molecule has 1 aliphatic rings. The predicted octanol–water partition coefficient (Wildman–Crippen LogP) is -0.226. The van der Waals surface area contributed by atoms with Crippen molar-refractivity contribution < 1.29 is 23.4 Å². The van der Waals surface area contributed by atoms with Gasteiger partial charge in [-0.2, -0.15) is 0 Å². The lowest BCUT2D eigenvalue weighted by atomic mass is 10.1. The molecule has 1 heterocycles. The average Bonchev–Trinajstić information content (AvgIpc) is 3.02. The molecule has 0 aliphatic heterocycles. The Labute approximate surface area is 110 Å². The number of carboxylic acids is 1. The number of aromatic nitrogens is 1. The van der Waals surface area contributed by atoms with Gasteiger partial charge in [0.15, 0.2) is 0 Å². The molecule has 3 N–H and O–H groups in total. The molecule has 2 rings (SSSR count). The van der Waals surface area contributed by atoms with E-state index in [1.807, 2.05) is 0 Å². The minimum Gasteiger partial charge on any atom is -0.477 e. The van der Waals surface area contributed by atoms with Crippen LogP contribution in [0.5, 0.6) is 0 Å². The van der Waals surface area contributed by atoms with Crippen LogP contribution in [0.3, 0.4) is 0 Å². The van der Waals surface area contributed by atoms with Crippen molar-refractivity contribution in [2.45, 2.75) is 17.7 Å². The quantitative estimate of drug-likeness (QED) is 0.670. The van der Waals surface area contributed by atoms with Crippen molar-refractivity contribution in [3.63, 3.8) is 0 Å². The maximum absolute atomic E-state index is 12.0. The summed E-state index contributed by atoms with van der Waals surface area (Å²) in [5.41, 5.74) is -0.430. The minimum absolute atomic E-state index is 0.0509. The number of hydrogen-bond donors (Lipinski definition) is 3. The van der Waals surface area contributed by atoms with E-state index in [2.05, 4.69) is 4.72 Å². The lowest BCUT2D eigenvalue weighted by Crippen LogP contribution is -2.31. The normalized spacial score (nSPS) is 17.4. The van der Waals surface area contributed by atoms with Gasteiger partial charge in [0, 0.05) is 31.8 Å². The number of rotatable bonds is 6. The van der Waals surface area contributed by atoms with Crippen molar-refractivity contribution in [1.82, 2.24) is 9.29 Å². The summed E-state index contributed by atoms with van der Waals surface area (Å²) in [5, 5.41) is 18.0. The topological polar surface area (TPSA) is 109 Å². The van der Waals surface area contributed by atoms with E-state index in [4.69, 9.17) is 10.2 Å². The first-order valence-corrected chi connectivity index (χ1v) is 7.28. The number of sulfonamides is 1. The molecule has 1 aliphatic carbocycles. The molecule has 0 aromatic carbocycles. The summed E-state index contributed by atoms with van der Waals surface area (Å²) >= 11 is 0. The molecule has 106 valence electrons. The second-order valence-corrected chi connectivity index (χ2v) is 6.73. The maximum atomic E-state index is 12.0. The summed E-state index contributed by atoms with van der Waals surface area (Å²) in [5.74, 6) is -1.18. The van der Waals surface area contributed by atoms with Gasteiger partial charge in [-0.3, -0.25) is 0 Å². The Kier molecular flexibility index (Phi) is 3.41. The second kappa shape index (κ2) is 4.62. The zero-order valence-electron chi connectivity index (χ0n) is 10.5. The lowest BCUT2D eigenvalue weighted by Gasteiger charge is -2.12. The molecule has 1 aromatic heterocycles. The van der Waals surface area contributed by atoms with Gasteiger partial charge >= 0.3 is 5.97 Å². The highest BCUT2D eigenvalue weighted by Gasteiger charge is 2.42. The van der Waals surface area contributed by atoms with Gasteiger partial charge in [0.2, 0.25) is 10.0 Å². The van der Waals surface area contributed by atoms with Crippen LogP contribution >= 0.6 is 0 Å². The van der Waals surface area contributed by atoms with Gasteiger partial charge in [-0.15, -0.1) is 0 Å². The SMILES string of the molecule is Cn1cc(S(=O)(=O)NCC2(CO)CC2)cc1C(=O)O. The van der Waals surface area contributed by atoms with E-state index in [9.17, 15) is 13.2 Å². The van der Waals surface area contributed by atoms with Crippen LogP contribution in [0.1, 0.15) is 23.3 Å². The van der Waals surface area contributed by atoms with E-state index < -0.39 is 16.0 Å². The monoisotopic (exact) mass is 288 g/mol. The smallest absolute Gasteiger partial charge is 0.352 e. The number of carboxylic acid groups (broad SMARTS) is 1. The highest BCUT2D eigenvalue weighted by molar-refractivity contribution is 7.89. The number of aliphatic hydroxyl groups is 1. The Morgan fingerprint density at radius 1 is 1.53 bits per heavy atom. The maximum Gasteiger partial charge on any atom is 0.352 e. The molecule has 1 saturated carbocycles. The van der Waals surface area contributed by atoms with Crippen molar-refractivity contribution in [3.05, 3.63) is 18.0 Å². The summed E-state index contributed by atoms with van der Waals surface area (Å²) in [4.78, 5) is 10.8. The summed E-state index contributed by atoms with van der Waals surface area (Å²) < 4.78 is 27.7. The molecule has 0 spiro atoms. The zero-order valence-corrected chi connectivity index (χ0v) is 11.3. The molecule has 1 aromatic rings. The Hall–Kier alpha value is -1.38. The molecule has 19 heavy (non-hydrogen) atoms. The first kappa shape index (κ1) is 14.0. The van der Waals surface area contributed by atoms with Crippen molar-refractivity contribution in [3.8, 4) is 0 Å². The van der Waals surface area contributed by atoms with Gasteiger partial charge in [-0.1, -0.05) is 0 Å². The number of carbonyl (C=O) groups is 1. The van der Waals surface area contributed by atoms with E-state index >= 15 is 0 Å². The number of aryl methyl sites for hydroxylation is 1. The standard InChI is InChI=1S/C11H16N2O5S/c1-13-5-8(4-9(13)10(15)16)19(17,18)12-6-11(7-14)2-3-11/h4-5,12,14H,2-3,6-7H2,1H3,(H,15,16). The van der Waals surface area contributed by atoms with Crippen molar-refractivity contribution in [2.24, 2.45) is 12.5 Å². The molecule has 1 fully saturated rings. The molecule has 0 saturated heterocycles. The zero-order chi connectivity index (χ0) is 14.3. The fourth-order valence-corrected chi connectivity index (χ4v) is 3.02. The van der Waals surface area contributed by atoms with Gasteiger partial charge in [0.05, 0.1) is 0 Å². The summed E-state index contributed by atoms with van der Waals surface area (Å²) in [6.07, 6.45) is 2.84. The van der Waals surface area contributed by atoms with Gasteiger partial charge in [0.1, 0.15) is 10.6 Å². The number of aromatic carboxylic acids is 1. The van der Waals surface area contributed by atoms with Gasteiger partial charge in [0.25, 0.3) is 0 Å². The Morgan fingerprint density at radius 2 is 2.16 bits per heavy atom. The Balaban J connectivity index is 2.15. The number of nitrogens with zero attached hydrogens (tertiary/aromatic N) is 1. The molecule has 0 bridgehead atoms. The molecule has 0 atom stereocenters. The highest BCUT2D eigenvalue weighted by Crippen LogP contribution is 2.44. The predicted molar refractivity (Wildman–Crippen MR) is 66.3 cm³/mol. The first-order valence-electron chi connectivity index (χ1n) is 5.80. The molecule has 0 radical (unpaired) electrons. The van der Waals surface area contributed by atoms with Crippen LogP contribution in [0, 0.1) is 5.41 Å². The highest BCUT2D eigenvalue weighted by atomic mass is 32.2. The van der Waals surface area contributed by atoms with Crippen molar-refractivity contribution in [1.29, 1.82) is 0 Å². The number of hydrogen-bond acceptors (Lipinski definition) is 4. The van der Waals surface area contributed by atoms with Gasteiger partial charge in [-0.05, 0) is 18.9 Å². The number of nitrogens with one attached hydrogen (secondary N) is 1. The molecule has 8 heteroatoms. The van der Waals surface area contributed by atoms with E-state index in [0.717, 1.165) is 18.9 Å². The van der Waals surface area contributed by atoms with Crippen LogP contribution in [0.25, 0.3) is 0 Å². The van der Waals surface area contributed by atoms with Crippen molar-refractivity contribution in [2.75, 3.05) is 13.2 Å². The molecular weight excluding hydrogens is 272 g/mol. The molecule has 0 amide bonds. The largest absolute Gasteiger partial charge is 0.477 e. The summed E-state index contributed by atoms with van der Waals surface area (Å²) in [6, 6.07) is 1.11. The summed E-state index contributed by atoms with van der Waals surface area (Å²) in [6.45, 7) is 0.119. The van der Waals surface area contributed by atoms with Crippen LogP contribution in [0.2, 0.25) is 0 Å². The fraction of sp³-hybridized carbons (Fsp3) is 0.545. The van der Waals surface area contributed by atoms with Crippen LogP contribution in [0.4, 0.5) is 0 Å². The molecule has 7 nitrogen and oxygen atoms in total. The molecular formula is C11H16N2O5S. The van der Waals surface area contributed by atoms with E-state index in [0.29, 0.717) is 0 Å².